The second kappa shape index (κ2) is 8.39. The minimum atomic E-state index is -0.132. The van der Waals surface area contributed by atoms with Gasteiger partial charge < -0.3 is 9.64 Å². The molecule has 2 aromatic carbocycles. The van der Waals surface area contributed by atoms with Gasteiger partial charge in [-0.15, -0.1) is 0 Å². The van der Waals surface area contributed by atoms with Crippen molar-refractivity contribution >= 4 is 29.1 Å². The molecule has 1 aliphatic rings. The Bertz CT molecular complexity index is 1010. The number of rotatable bonds is 4. The SMILES string of the molecule is Cc1ccc(-n2ncc(N3CCOCC3)c(Sc3ccc(Cl)cc3)c2=O)cc1. The molecule has 0 atom stereocenters. The van der Waals surface area contributed by atoms with E-state index in [0.717, 1.165) is 34.9 Å². The number of hydrogen-bond acceptors (Lipinski definition) is 5. The Morgan fingerprint density at radius 2 is 1.71 bits per heavy atom. The zero-order chi connectivity index (χ0) is 19.5. The van der Waals surface area contributed by atoms with Crippen LogP contribution in [0.5, 0.6) is 0 Å². The highest BCUT2D eigenvalue weighted by molar-refractivity contribution is 7.99. The molecule has 144 valence electrons. The number of anilines is 1. The molecule has 5 nitrogen and oxygen atoms in total. The Hall–Kier alpha value is -2.28. The van der Waals surface area contributed by atoms with Gasteiger partial charge >= 0.3 is 0 Å². The quantitative estimate of drug-likeness (QED) is 0.642. The number of morpholine rings is 1. The summed E-state index contributed by atoms with van der Waals surface area (Å²) in [4.78, 5) is 17.2. The van der Waals surface area contributed by atoms with Crippen molar-refractivity contribution in [3.8, 4) is 5.69 Å². The van der Waals surface area contributed by atoms with Crippen LogP contribution in [-0.2, 0) is 4.74 Å². The van der Waals surface area contributed by atoms with Crippen LogP contribution in [-0.4, -0.2) is 36.1 Å². The zero-order valence-electron chi connectivity index (χ0n) is 15.5. The van der Waals surface area contributed by atoms with Gasteiger partial charge in [0.2, 0.25) is 0 Å². The van der Waals surface area contributed by atoms with Crippen LogP contribution >= 0.6 is 23.4 Å². The Labute approximate surface area is 172 Å². The van der Waals surface area contributed by atoms with Crippen LogP contribution in [0, 0.1) is 6.92 Å². The van der Waals surface area contributed by atoms with Crippen molar-refractivity contribution in [2.24, 2.45) is 0 Å². The molecule has 0 amide bonds. The van der Waals surface area contributed by atoms with E-state index >= 15 is 0 Å². The van der Waals surface area contributed by atoms with E-state index in [9.17, 15) is 4.79 Å². The van der Waals surface area contributed by atoms with Crippen molar-refractivity contribution in [1.29, 1.82) is 0 Å². The fourth-order valence-corrected chi connectivity index (χ4v) is 4.14. The third-order valence-corrected chi connectivity index (χ3v) is 5.93. The third kappa shape index (κ3) is 4.09. The Morgan fingerprint density at radius 3 is 2.39 bits per heavy atom. The molecule has 28 heavy (non-hydrogen) atoms. The highest BCUT2D eigenvalue weighted by Crippen LogP contribution is 2.33. The fraction of sp³-hybridized carbons (Fsp3) is 0.238. The van der Waals surface area contributed by atoms with Crippen molar-refractivity contribution in [2.75, 3.05) is 31.2 Å². The van der Waals surface area contributed by atoms with E-state index in [1.807, 2.05) is 55.5 Å². The number of ether oxygens (including phenoxy) is 1. The van der Waals surface area contributed by atoms with Crippen LogP contribution in [0.3, 0.4) is 0 Å². The van der Waals surface area contributed by atoms with Gasteiger partial charge in [0.25, 0.3) is 5.56 Å². The van der Waals surface area contributed by atoms with Gasteiger partial charge in [-0.05, 0) is 43.3 Å². The number of hydrogen-bond donors (Lipinski definition) is 0. The molecule has 0 unspecified atom stereocenters. The smallest absolute Gasteiger partial charge is 0.287 e. The second-order valence-electron chi connectivity index (χ2n) is 6.57. The lowest BCUT2D eigenvalue weighted by atomic mass is 10.2. The van der Waals surface area contributed by atoms with Gasteiger partial charge in [-0.25, -0.2) is 0 Å². The molecule has 3 aromatic rings. The molecule has 0 bridgehead atoms. The maximum Gasteiger partial charge on any atom is 0.287 e. The van der Waals surface area contributed by atoms with Crippen molar-refractivity contribution in [3.05, 3.63) is 75.7 Å². The molecule has 1 aromatic heterocycles. The second-order valence-corrected chi connectivity index (χ2v) is 8.09. The minimum Gasteiger partial charge on any atom is -0.378 e. The van der Waals surface area contributed by atoms with Gasteiger partial charge in [-0.1, -0.05) is 41.1 Å². The van der Waals surface area contributed by atoms with E-state index in [1.54, 1.807) is 6.20 Å². The van der Waals surface area contributed by atoms with Crippen LogP contribution in [0.15, 0.2) is 69.3 Å². The highest BCUT2D eigenvalue weighted by atomic mass is 35.5. The summed E-state index contributed by atoms with van der Waals surface area (Å²) in [6, 6.07) is 15.3. The lowest BCUT2D eigenvalue weighted by Gasteiger charge is -2.30. The third-order valence-electron chi connectivity index (χ3n) is 4.58. The standard InChI is InChI=1S/C21H20ClN3O2S/c1-15-2-6-17(7-3-15)25-21(26)20(28-18-8-4-16(22)5-9-18)19(14-23-25)24-10-12-27-13-11-24/h2-9,14H,10-13H2,1H3. The summed E-state index contributed by atoms with van der Waals surface area (Å²) in [6.07, 6.45) is 1.78. The topological polar surface area (TPSA) is 47.4 Å². The van der Waals surface area contributed by atoms with Crippen molar-refractivity contribution < 1.29 is 4.74 Å². The lowest BCUT2D eigenvalue weighted by Crippen LogP contribution is -2.38. The van der Waals surface area contributed by atoms with Gasteiger partial charge in [-0.2, -0.15) is 9.78 Å². The maximum absolute atomic E-state index is 13.4. The summed E-state index contributed by atoms with van der Waals surface area (Å²) in [7, 11) is 0. The number of aryl methyl sites for hydroxylation is 1. The summed E-state index contributed by atoms with van der Waals surface area (Å²) >= 11 is 7.45. The zero-order valence-corrected chi connectivity index (χ0v) is 17.0. The first-order chi connectivity index (χ1) is 13.6. The van der Waals surface area contributed by atoms with Gasteiger partial charge in [0.1, 0.15) is 4.90 Å². The summed E-state index contributed by atoms with van der Waals surface area (Å²) in [5.74, 6) is 0. The van der Waals surface area contributed by atoms with Crippen LogP contribution in [0.25, 0.3) is 5.69 Å². The number of nitrogens with zero attached hydrogens (tertiary/aromatic N) is 3. The van der Waals surface area contributed by atoms with E-state index in [0.29, 0.717) is 23.1 Å². The molecule has 0 spiro atoms. The summed E-state index contributed by atoms with van der Waals surface area (Å²) in [6.45, 7) is 4.79. The van der Waals surface area contributed by atoms with Crippen LogP contribution < -0.4 is 10.5 Å². The molecule has 1 fully saturated rings. The monoisotopic (exact) mass is 413 g/mol. The Kier molecular flexibility index (Phi) is 5.71. The summed E-state index contributed by atoms with van der Waals surface area (Å²) < 4.78 is 6.92. The van der Waals surface area contributed by atoms with Crippen LogP contribution in [0.1, 0.15) is 5.56 Å². The molecular weight excluding hydrogens is 394 g/mol. The number of benzene rings is 2. The summed E-state index contributed by atoms with van der Waals surface area (Å²) in [5, 5.41) is 5.13. The van der Waals surface area contributed by atoms with Gasteiger partial charge in [0, 0.05) is 23.0 Å². The first-order valence-electron chi connectivity index (χ1n) is 9.07. The van der Waals surface area contributed by atoms with E-state index in [4.69, 9.17) is 16.3 Å². The van der Waals surface area contributed by atoms with Crippen molar-refractivity contribution in [1.82, 2.24) is 9.78 Å². The van der Waals surface area contributed by atoms with E-state index < -0.39 is 0 Å². The average molecular weight is 414 g/mol. The molecule has 1 aliphatic heterocycles. The molecule has 4 rings (SSSR count). The minimum absolute atomic E-state index is 0.132. The first kappa shape index (κ1) is 19.1. The predicted octanol–water partition coefficient (Wildman–Crippen LogP) is 4.18. The van der Waals surface area contributed by atoms with Crippen molar-refractivity contribution in [3.63, 3.8) is 0 Å². The Balaban J connectivity index is 1.79. The maximum atomic E-state index is 13.4. The van der Waals surface area contributed by atoms with Gasteiger partial charge in [0.15, 0.2) is 0 Å². The molecule has 2 heterocycles. The molecule has 0 radical (unpaired) electrons. The number of aromatic nitrogens is 2. The largest absolute Gasteiger partial charge is 0.378 e. The first-order valence-corrected chi connectivity index (χ1v) is 10.3. The molecule has 0 saturated carbocycles. The molecular formula is C21H20ClN3O2S. The lowest BCUT2D eigenvalue weighted by molar-refractivity contribution is 0.122. The Morgan fingerprint density at radius 1 is 1.04 bits per heavy atom. The predicted molar refractivity (Wildman–Crippen MR) is 113 cm³/mol. The van der Waals surface area contributed by atoms with Gasteiger partial charge in [0.05, 0.1) is 30.8 Å². The highest BCUT2D eigenvalue weighted by Gasteiger charge is 2.20. The van der Waals surface area contributed by atoms with Crippen LogP contribution in [0.4, 0.5) is 5.69 Å². The van der Waals surface area contributed by atoms with Gasteiger partial charge in [-0.3, -0.25) is 4.79 Å². The molecule has 0 N–H and O–H groups in total. The van der Waals surface area contributed by atoms with E-state index in [1.165, 1.54) is 16.4 Å². The molecule has 1 saturated heterocycles. The van der Waals surface area contributed by atoms with E-state index in [2.05, 4.69) is 10.00 Å². The summed E-state index contributed by atoms with van der Waals surface area (Å²) in [5.41, 5.74) is 2.60. The number of halogens is 1. The molecule has 7 heteroatoms. The fourth-order valence-electron chi connectivity index (χ4n) is 3.05. The van der Waals surface area contributed by atoms with Crippen LogP contribution in [0.2, 0.25) is 5.02 Å². The van der Waals surface area contributed by atoms with Crippen molar-refractivity contribution in [2.45, 2.75) is 16.7 Å². The van der Waals surface area contributed by atoms with E-state index in [-0.39, 0.29) is 5.56 Å². The normalized spacial score (nSPS) is 14.3. The average Bonchev–Trinajstić information content (AvgIpc) is 2.72. The molecule has 0 aliphatic carbocycles.